The van der Waals surface area contributed by atoms with Crippen molar-refractivity contribution in [1.82, 2.24) is 0 Å². The minimum absolute atomic E-state index is 0. The van der Waals surface area contributed by atoms with Crippen LogP contribution in [0.3, 0.4) is 0 Å². The molecule has 0 heterocycles. The molecule has 0 spiro atoms. The van der Waals surface area contributed by atoms with Crippen LogP contribution in [-0.2, 0) is 0 Å². The molecule has 0 aliphatic heterocycles. The molecule has 0 radical (unpaired) electrons. The first-order valence-electron chi connectivity index (χ1n) is 4.31. The maximum Gasteiger partial charge on any atom is 1.00 e. The topological polar surface area (TPSA) is 86.2 Å². The molecule has 16 heavy (non-hydrogen) atoms. The number of nitrogens with two attached hydrogens (primary N) is 2. The molecule has 4 N–H and O–H groups in total. The molecule has 1 fully saturated rings. The Labute approximate surface area is 132 Å². The summed E-state index contributed by atoms with van der Waals surface area (Å²) in [6, 6.07) is 0. The van der Waals surface area contributed by atoms with Crippen molar-refractivity contribution in [2.75, 3.05) is 0 Å². The van der Waals surface area contributed by atoms with Gasteiger partial charge in [-0.2, -0.15) is 0 Å². The molecule has 0 atom stereocenters. The average Bonchev–Trinajstić information content (AvgIpc) is 2.70. The average molecular weight is 276 g/mol. The summed E-state index contributed by atoms with van der Waals surface area (Å²) >= 11 is 6.21. The van der Waals surface area contributed by atoms with Gasteiger partial charge in [0.05, 0.1) is 0 Å². The summed E-state index contributed by atoms with van der Waals surface area (Å²) in [6.45, 7) is 7.53. The Morgan fingerprint density at radius 1 is 1.31 bits per heavy atom. The van der Waals surface area contributed by atoms with Gasteiger partial charge in [0.2, 0.25) is 0 Å². The minimum atomic E-state index is -0.639. The van der Waals surface area contributed by atoms with E-state index in [2.05, 4.69) is 50.2 Å². The molecule has 0 saturated heterocycles. The number of thiol groups is 2. The molecular weight excluding hydrogens is 255 g/mol. The Kier molecular flexibility index (Phi) is 32.8. The maximum atomic E-state index is 9.09. The minimum Gasteiger partial charge on any atom is -1.00 e. The van der Waals surface area contributed by atoms with Gasteiger partial charge in [-0.1, -0.05) is 51.1 Å². The predicted molar refractivity (Wildman–Crippen MR) is 72.5 cm³/mol. The van der Waals surface area contributed by atoms with Gasteiger partial charge < -0.3 is 12.9 Å². The van der Waals surface area contributed by atoms with Crippen LogP contribution < -0.4 is 41.0 Å². The van der Waals surface area contributed by atoms with Crippen molar-refractivity contribution in [1.29, 1.82) is 0 Å². The van der Waals surface area contributed by atoms with Crippen molar-refractivity contribution in [3.63, 3.8) is 0 Å². The molecule has 4 nitrogen and oxygen atoms in total. The Hall–Kier alpha value is 0.380. The summed E-state index contributed by atoms with van der Waals surface area (Å²) in [5.74, 6) is 1.08. The number of carbonyl (C=O) groups is 2. The van der Waals surface area contributed by atoms with E-state index in [4.69, 9.17) is 9.59 Å². The molecule has 2 amide bonds. The molecule has 0 aromatic carbocycles. The first-order valence-corrected chi connectivity index (χ1v) is 5.21. The molecule has 0 aromatic heterocycles. The summed E-state index contributed by atoms with van der Waals surface area (Å²) < 4.78 is 0. The molecular formula is C9H21N2NaO2S2. The number of primary amides is 2. The summed E-state index contributed by atoms with van der Waals surface area (Å²) in [4.78, 5) is 18.2. The zero-order valence-electron chi connectivity index (χ0n) is 11.1. The normalized spacial score (nSPS) is 10.5. The van der Waals surface area contributed by atoms with Gasteiger partial charge in [0.1, 0.15) is 0 Å². The zero-order chi connectivity index (χ0) is 12.9. The monoisotopic (exact) mass is 276 g/mol. The first kappa shape index (κ1) is 25.3. The molecule has 1 rings (SSSR count). The molecule has 0 aromatic rings. The van der Waals surface area contributed by atoms with E-state index in [1.165, 1.54) is 12.8 Å². The molecule has 1 saturated carbocycles. The van der Waals surface area contributed by atoms with E-state index in [0.29, 0.717) is 0 Å². The second-order valence-corrected chi connectivity index (χ2v) is 3.65. The van der Waals surface area contributed by atoms with Crippen molar-refractivity contribution in [3.05, 3.63) is 12.7 Å². The van der Waals surface area contributed by atoms with Crippen molar-refractivity contribution in [2.24, 2.45) is 17.4 Å². The van der Waals surface area contributed by atoms with Gasteiger partial charge in [0, 0.05) is 0 Å². The van der Waals surface area contributed by atoms with Gasteiger partial charge >= 0.3 is 29.6 Å². The van der Waals surface area contributed by atoms with Gasteiger partial charge in [-0.25, -0.2) is 0 Å². The number of allylic oxidation sites excluding steroid dienone is 1. The van der Waals surface area contributed by atoms with Crippen molar-refractivity contribution >= 4 is 35.7 Å². The van der Waals surface area contributed by atoms with Crippen LogP contribution in [0.15, 0.2) is 12.7 Å². The van der Waals surface area contributed by atoms with Crippen LogP contribution in [0.1, 0.15) is 28.1 Å². The summed E-state index contributed by atoms with van der Waals surface area (Å²) in [5.41, 5.74) is 8.67. The largest absolute Gasteiger partial charge is 1.00 e. The van der Waals surface area contributed by atoms with Crippen molar-refractivity contribution < 1.29 is 40.6 Å². The number of amides is 2. The van der Waals surface area contributed by atoms with E-state index in [0.717, 1.165) is 5.92 Å². The van der Waals surface area contributed by atoms with Crippen LogP contribution in [0.2, 0.25) is 0 Å². The SMILES string of the molecule is C=CC.CC1CC1.NC(=O)S.NC(=O)S.[H-].[Na+]. The Morgan fingerprint density at radius 2 is 1.38 bits per heavy atom. The van der Waals surface area contributed by atoms with Crippen molar-refractivity contribution in [2.45, 2.75) is 26.7 Å². The third kappa shape index (κ3) is 225. The number of hydrogen-bond acceptors (Lipinski definition) is 2. The van der Waals surface area contributed by atoms with Crippen LogP contribution in [-0.4, -0.2) is 10.5 Å². The van der Waals surface area contributed by atoms with Gasteiger partial charge in [-0.3, -0.25) is 9.59 Å². The number of rotatable bonds is 0. The number of hydrogen-bond donors (Lipinski definition) is 4. The fraction of sp³-hybridized carbons (Fsp3) is 0.556. The van der Waals surface area contributed by atoms with Gasteiger partial charge in [-0.15, -0.1) is 6.58 Å². The smallest absolute Gasteiger partial charge is 1.00 e. The van der Waals surface area contributed by atoms with Crippen LogP contribution >= 0.6 is 25.3 Å². The Balaban J connectivity index is -0.0000000365. The first-order chi connectivity index (χ1) is 6.77. The molecule has 7 heteroatoms. The predicted octanol–water partition coefficient (Wildman–Crippen LogP) is -0.285. The number of carbonyl (C=O) groups excluding carboxylic acids is 2. The Bertz CT molecular complexity index is 174. The van der Waals surface area contributed by atoms with E-state index in [1.807, 2.05) is 6.92 Å². The third-order valence-corrected chi connectivity index (χ3v) is 0.866. The Morgan fingerprint density at radius 3 is 1.38 bits per heavy atom. The molecule has 1 aliphatic carbocycles. The quantitative estimate of drug-likeness (QED) is 0.278. The standard InChI is InChI=1S/C4H8.C3H6.2CH3NOS.Na.H/c1-4-2-3-4;1-3-2;2*2-1(3)4;;/h4H,2-3H2,1H3;3H,1H2,2H3;2*(H3,2,3,4);;/q;;;;+1;-1. The van der Waals surface area contributed by atoms with Crippen molar-refractivity contribution in [3.8, 4) is 0 Å². The van der Waals surface area contributed by atoms with Gasteiger partial charge in [0.25, 0.3) is 10.5 Å². The van der Waals surface area contributed by atoms with E-state index in [1.54, 1.807) is 6.08 Å². The van der Waals surface area contributed by atoms with E-state index >= 15 is 0 Å². The van der Waals surface area contributed by atoms with Crippen LogP contribution in [0.5, 0.6) is 0 Å². The molecule has 0 bridgehead atoms. The van der Waals surface area contributed by atoms with E-state index in [9.17, 15) is 0 Å². The maximum absolute atomic E-state index is 9.09. The van der Waals surface area contributed by atoms with E-state index in [-0.39, 0.29) is 31.0 Å². The molecule has 0 unspecified atom stereocenters. The van der Waals surface area contributed by atoms with Gasteiger partial charge in [0.15, 0.2) is 0 Å². The summed E-state index contributed by atoms with van der Waals surface area (Å²) in [6.07, 6.45) is 4.72. The second kappa shape index (κ2) is 20.8. The van der Waals surface area contributed by atoms with Crippen LogP contribution in [0.25, 0.3) is 0 Å². The third-order valence-electron chi connectivity index (χ3n) is 0.866. The second-order valence-electron chi connectivity index (χ2n) is 2.77. The van der Waals surface area contributed by atoms with Crippen LogP contribution in [0.4, 0.5) is 9.59 Å². The zero-order valence-corrected chi connectivity index (χ0v) is 13.9. The molecule has 1 aliphatic rings. The molecule has 92 valence electrons. The fourth-order valence-corrected chi connectivity index (χ4v) is 0.167. The summed E-state index contributed by atoms with van der Waals surface area (Å²) in [7, 11) is 0. The van der Waals surface area contributed by atoms with E-state index < -0.39 is 10.5 Å². The summed E-state index contributed by atoms with van der Waals surface area (Å²) in [5, 5.41) is -1.28. The van der Waals surface area contributed by atoms with Gasteiger partial charge in [-0.05, 0) is 12.8 Å². The fourth-order valence-electron chi connectivity index (χ4n) is 0.167. The van der Waals surface area contributed by atoms with Crippen LogP contribution in [0, 0.1) is 5.92 Å².